The van der Waals surface area contributed by atoms with Crippen LogP contribution in [0.4, 0.5) is 0 Å². The molecule has 1 aliphatic carbocycles. The van der Waals surface area contributed by atoms with Crippen LogP contribution in [0.5, 0.6) is 11.8 Å². The van der Waals surface area contributed by atoms with Crippen molar-refractivity contribution >= 4 is 11.6 Å². The van der Waals surface area contributed by atoms with E-state index in [-0.39, 0.29) is 5.41 Å². The molecule has 6 nitrogen and oxygen atoms in total. The van der Waals surface area contributed by atoms with Crippen LogP contribution in [0, 0.1) is 0 Å². The Bertz CT molecular complexity index is 1140. The van der Waals surface area contributed by atoms with Gasteiger partial charge in [0.1, 0.15) is 5.75 Å². The predicted molar refractivity (Wildman–Crippen MR) is 112 cm³/mol. The summed E-state index contributed by atoms with van der Waals surface area (Å²) in [4.78, 5) is 12.8. The van der Waals surface area contributed by atoms with Crippen LogP contribution in [0.2, 0.25) is 5.02 Å². The number of hydrogen-bond acceptors (Lipinski definition) is 6. The van der Waals surface area contributed by atoms with Crippen molar-refractivity contribution in [1.82, 2.24) is 20.1 Å². The Morgan fingerprint density at radius 2 is 1.73 bits per heavy atom. The largest absolute Gasteiger partial charge is 0.424 e. The average molecular weight is 419 g/mol. The molecule has 2 heterocycles. The number of halogens is 1. The Balaban J connectivity index is 1.25. The standard InChI is InChI=1S/C23H19ClN4O2/c24-19-5-2-1-4-17(19)15-23(10-11-23)21-27-20(28-30-21)14-16-6-8-18(9-7-16)29-22-25-12-3-13-26-22/h1-9,12-13H,10-11,14-15H2. The summed E-state index contributed by atoms with van der Waals surface area (Å²) >= 11 is 6.34. The molecule has 0 radical (unpaired) electrons. The summed E-state index contributed by atoms with van der Waals surface area (Å²) < 4.78 is 11.3. The summed E-state index contributed by atoms with van der Waals surface area (Å²) in [7, 11) is 0. The molecular formula is C23H19ClN4O2. The van der Waals surface area contributed by atoms with Gasteiger partial charge in [0.15, 0.2) is 5.82 Å². The summed E-state index contributed by atoms with van der Waals surface area (Å²) in [5.41, 5.74) is 2.11. The average Bonchev–Trinajstić information content (AvgIpc) is 3.40. The first-order valence-electron chi connectivity index (χ1n) is 9.81. The lowest BCUT2D eigenvalue weighted by molar-refractivity contribution is 0.340. The third-order valence-electron chi connectivity index (χ3n) is 5.30. The highest BCUT2D eigenvalue weighted by atomic mass is 35.5. The maximum Gasteiger partial charge on any atom is 0.321 e. The molecule has 1 aliphatic rings. The highest BCUT2D eigenvalue weighted by molar-refractivity contribution is 6.31. The van der Waals surface area contributed by atoms with Gasteiger partial charge in [0.05, 0.1) is 5.41 Å². The van der Waals surface area contributed by atoms with Crippen LogP contribution in [0.1, 0.15) is 35.7 Å². The van der Waals surface area contributed by atoms with E-state index in [0.29, 0.717) is 29.9 Å². The first kappa shape index (κ1) is 18.8. The number of nitrogens with zero attached hydrogens (tertiary/aromatic N) is 4. The molecule has 5 rings (SSSR count). The molecule has 2 aromatic carbocycles. The number of hydrogen-bond donors (Lipinski definition) is 0. The number of ether oxygens (including phenoxy) is 1. The minimum atomic E-state index is -0.0797. The van der Waals surface area contributed by atoms with Crippen LogP contribution in [0.3, 0.4) is 0 Å². The van der Waals surface area contributed by atoms with Gasteiger partial charge in [0.2, 0.25) is 5.89 Å². The van der Waals surface area contributed by atoms with E-state index in [1.165, 1.54) is 0 Å². The lowest BCUT2D eigenvalue weighted by atomic mass is 9.96. The van der Waals surface area contributed by atoms with Crippen molar-refractivity contribution < 1.29 is 9.26 Å². The summed E-state index contributed by atoms with van der Waals surface area (Å²) in [6.07, 6.45) is 6.77. The Hall–Kier alpha value is -3.25. The zero-order valence-electron chi connectivity index (χ0n) is 16.2. The molecule has 30 heavy (non-hydrogen) atoms. The molecule has 0 bridgehead atoms. The minimum Gasteiger partial charge on any atom is -0.424 e. The molecule has 2 aromatic heterocycles. The molecule has 7 heteroatoms. The van der Waals surface area contributed by atoms with E-state index in [1.54, 1.807) is 18.5 Å². The van der Waals surface area contributed by atoms with Gasteiger partial charge in [-0.1, -0.05) is 47.1 Å². The summed E-state index contributed by atoms with van der Waals surface area (Å²) in [6.45, 7) is 0. The molecule has 1 saturated carbocycles. The maximum atomic E-state index is 6.34. The van der Waals surface area contributed by atoms with Crippen LogP contribution in [0.25, 0.3) is 0 Å². The molecule has 0 amide bonds. The second-order valence-corrected chi connectivity index (χ2v) is 7.93. The minimum absolute atomic E-state index is 0.0797. The first-order valence-corrected chi connectivity index (χ1v) is 10.2. The number of benzene rings is 2. The fourth-order valence-corrected chi connectivity index (χ4v) is 3.67. The third kappa shape index (κ3) is 4.04. The summed E-state index contributed by atoms with van der Waals surface area (Å²) in [5.74, 6) is 2.06. The van der Waals surface area contributed by atoms with Gasteiger partial charge >= 0.3 is 6.01 Å². The Morgan fingerprint density at radius 1 is 0.967 bits per heavy atom. The van der Waals surface area contributed by atoms with Gasteiger partial charge < -0.3 is 9.26 Å². The van der Waals surface area contributed by atoms with Gasteiger partial charge in [-0.15, -0.1) is 0 Å². The van der Waals surface area contributed by atoms with Gasteiger partial charge in [-0.3, -0.25) is 0 Å². The third-order valence-corrected chi connectivity index (χ3v) is 5.67. The molecule has 0 unspecified atom stereocenters. The van der Waals surface area contributed by atoms with Gasteiger partial charge in [0.25, 0.3) is 0 Å². The van der Waals surface area contributed by atoms with E-state index < -0.39 is 0 Å². The highest BCUT2D eigenvalue weighted by Gasteiger charge is 2.49. The molecule has 0 aliphatic heterocycles. The SMILES string of the molecule is Clc1ccccc1CC1(c2nc(Cc3ccc(Oc4ncccn4)cc3)no2)CC1. The second-order valence-electron chi connectivity index (χ2n) is 7.52. The number of rotatable bonds is 7. The molecule has 4 aromatic rings. The Morgan fingerprint density at radius 3 is 2.47 bits per heavy atom. The van der Waals surface area contributed by atoms with Gasteiger partial charge in [-0.25, -0.2) is 9.97 Å². The van der Waals surface area contributed by atoms with E-state index in [2.05, 4.69) is 26.2 Å². The van der Waals surface area contributed by atoms with Crippen LogP contribution in [0.15, 0.2) is 71.5 Å². The number of aromatic nitrogens is 4. The maximum absolute atomic E-state index is 6.34. The van der Waals surface area contributed by atoms with Crippen LogP contribution < -0.4 is 4.74 Å². The van der Waals surface area contributed by atoms with Gasteiger partial charge in [0, 0.05) is 23.8 Å². The topological polar surface area (TPSA) is 73.9 Å². The van der Waals surface area contributed by atoms with Crippen molar-refractivity contribution in [3.05, 3.63) is 94.9 Å². The van der Waals surface area contributed by atoms with Crippen molar-refractivity contribution in [2.45, 2.75) is 31.1 Å². The van der Waals surface area contributed by atoms with Crippen LogP contribution in [-0.2, 0) is 18.3 Å². The fourth-order valence-electron chi connectivity index (χ4n) is 3.47. The van der Waals surface area contributed by atoms with Gasteiger partial charge in [-0.05, 0) is 54.7 Å². The molecule has 0 saturated heterocycles. The van der Waals surface area contributed by atoms with Gasteiger partial charge in [-0.2, -0.15) is 4.98 Å². The molecular weight excluding hydrogens is 400 g/mol. The summed E-state index contributed by atoms with van der Waals surface area (Å²) in [5, 5.41) is 4.99. The fraction of sp³-hybridized carbons (Fsp3) is 0.217. The van der Waals surface area contributed by atoms with Crippen molar-refractivity contribution in [3.63, 3.8) is 0 Å². The monoisotopic (exact) mass is 418 g/mol. The van der Waals surface area contributed by atoms with Crippen molar-refractivity contribution in [2.24, 2.45) is 0 Å². The molecule has 0 N–H and O–H groups in total. The van der Waals surface area contributed by atoms with E-state index in [4.69, 9.17) is 20.9 Å². The van der Waals surface area contributed by atoms with Crippen molar-refractivity contribution in [2.75, 3.05) is 0 Å². The first-order chi connectivity index (χ1) is 14.7. The highest BCUT2D eigenvalue weighted by Crippen LogP contribution is 2.50. The van der Waals surface area contributed by atoms with Crippen LogP contribution in [-0.4, -0.2) is 20.1 Å². The van der Waals surface area contributed by atoms with Crippen LogP contribution >= 0.6 is 11.6 Å². The summed E-state index contributed by atoms with van der Waals surface area (Å²) in [6, 6.07) is 17.7. The van der Waals surface area contributed by atoms with E-state index in [1.807, 2.05) is 42.5 Å². The van der Waals surface area contributed by atoms with E-state index in [0.717, 1.165) is 35.4 Å². The molecule has 0 atom stereocenters. The molecule has 150 valence electrons. The van der Waals surface area contributed by atoms with E-state index >= 15 is 0 Å². The lowest BCUT2D eigenvalue weighted by Crippen LogP contribution is -2.11. The zero-order chi connectivity index (χ0) is 20.4. The van der Waals surface area contributed by atoms with Crippen molar-refractivity contribution in [3.8, 4) is 11.8 Å². The molecule has 0 spiro atoms. The zero-order valence-corrected chi connectivity index (χ0v) is 16.9. The van der Waals surface area contributed by atoms with E-state index in [9.17, 15) is 0 Å². The smallest absolute Gasteiger partial charge is 0.321 e. The van der Waals surface area contributed by atoms with Crippen molar-refractivity contribution in [1.29, 1.82) is 0 Å². The lowest BCUT2D eigenvalue weighted by Gasteiger charge is -2.11. The predicted octanol–water partition coefficient (Wildman–Crippen LogP) is 5.17. The normalized spacial score (nSPS) is 14.4. The Labute approximate surface area is 178 Å². The quantitative estimate of drug-likeness (QED) is 0.412. The molecule has 1 fully saturated rings. The Kier molecular flexibility index (Phi) is 4.93. The second kappa shape index (κ2) is 7.88.